The Kier molecular flexibility index (Phi) is 11.6. The van der Waals surface area contributed by atoms with Crippen molar-refractivity contribution in [1.82, 2.24) is 50.6 Å². The fraction of sp³-hybridized carbons (Fsp3) is 0.435. The van der Waals surface area contributed by atoms with Crippen LogP contribution in [0.25, 0.3) is 33.9 Å². The van der Waals surface area contributed by atoms with Crippen LogP contribution in [0.1, 0.15) is 81.1 Å². The number of nitrogens with two attached hydrogens (primary N) is 1. The van der Waals surface area contributed by atoms with Gasteiger partial charge in [0, 0.05) is 84.0 Å². The lowest BCUT2D eigenvalue weighted by Crippen LogP contribution is -2.62. The van der Waals surface area contributed by atoms with E-state index in [4.69, 9.17) is 5.73 Å². The van der Waals surface area contributed by atoms with Gasteiger partial charge in [0.25, 0.3) is 0 Å². The molecule has 0 aliphatic carbocycles. The van der Waals surface area contributed by atoms with Crippen LogP contribution in [0.4, 0.5) is 17.5 Å². The van der Waals surface area contributed by atoms with Gasteiger partial charge in [-0.15, -0.1) is 20.4 Å². The molecule has 0 radical (unpaired) electrons. The summed E-state index contributed by atoms with van der Waals surface area (Å²) in [7, 11) is 4.16. The van der Waals surface area contributed by atoms with E-state index >= 15 is 0 Å². The molecule has 6 aromatic rings. The van der Waals surface area contributed by atoms with Gasteiger partial charge in [-0.05, 0) is 142 Å². The third-order valence-corrected chi connectivity index (χ3v) is 11.7. The summed E-state index contributed by atoms with van der Waals surface area (Å²) in [6, 6.07) is 22.7. The number of phenols is 2. The van der Waals surface area contributed by atoms with E-state index in [0.29, 0.717) is 46.1 Å². The number of anilines is 3. The molecule has 4 aromatic heterocycles. The number of benzene rings is 2. The highest BCUT2D eigenvalue weighted by Crippen LogP contribution is 2.36. The molecule has 2 aliphatic rings. The minimum atomic E-state index is 0.0551. The van der Waals surface area contributed by atoms with Gasteiger partial charge >= 0.3 is 0 Å². The lowest BCUT2D eigenvalue weighted by atomic mass is 9.79. The van der Waals surface area contributed by atoms with E-state index in [0.717, 1.165) is 43.0 Å². The third-order valence-electron chi connectivity index (χ3n) is 11.7. The molecule has 0 spiro atoms. The number of nitrogens with zero attached hydrogens (tertiary/aromatic N) is 10. The number of nitrogens with one attached hydrogen (secondary N) is 2. The van der Waals surface area contributed by atoms with Crippen LogP contribution in [0.15, 0.2) is 91.4 Å². The first-order valence-electron chi connectivity index (χ1n) is 20.9. The molecule has 6 N–H and O–H groups in total. The predicted molar refractivity (Wildman–Crippen MR) is 242 cm³/mol. The topological polar surface area (TPSA) is 184 Å². The molecule has 322 valence electrons. The Hall–Kier alpha value is -6.06. The summed E-state index contributed by atoms with van der Waals surface area (Å²) in [5.41, 5.74) is 10.2. The molecule has 0 saturated carbocycles. The number of phenolic OH excluding ortho intramolecular Hbond substituents is 2. The zero-order valence-electron chi connectivity index (χ0n) is 37.1. The van der Waals surface area contributed by atoms with Gasteiger partial charge in [-0.25, -0.2) is 9.36 Å². The molecule has 0 amide bonds. The van der Waals surface area contributed by atoms with E-state index in [1.807, 2.05) is 54.7 Å². The fourth-order valence-electron chi connectivity index (χ4n) is 9.46. The van der Waals surface area contributed by atoms with Crippen molar-refractivity contribution in [3.05, 3.63) is 91.4 Å². The molecule has 0 bridgehead atoms. The van der Waals surface area contributed by atoms with Crippen molar-refractivity contribution in [3.63, 3.8) is 0 Å². The van der Waals surface area contributed by atoms with Gasteiger partial charge in [0.2, 0.25) is 0 Å². The Balaban J connectivity index is 0.000000184. The van der Waals surface area contributed by atoms with Gasteiger partial charge in [0.1, 0.15) is 17.3 Å². The Bertz CT molecular complexity index is 2390. The fourth-order valence-corrected chi connectivity index (χ4v) is 9.46. The van der Waals surface area contributed by atoms with Gasteiger partial charge in [0.05, 0.1) is 29.0 Å². The molecule has 6 heterocycles. The normalized spacial score (nSPS) is 18.2. The van der Waals surface area contributed by atoms with Crippen molar-refractivity contribution in [1.29, 1.82) is 0 Å². The molecule has 2 fully saturated rings. The molecule has 2 saturated heterocycles. The number of nitrogen functional groups attached to an aromatic ring is 1. The van der Waals surface area contributed by atoms with Crippen molar-refractivity contribution in [2.75, 3.05) is 29.6 Å². The second-order valence-electron chi connectivity index (χ2n) is 19.2. The Labute approximate surface area is 359 Å². The van der Waals surface area contributed by atoms with Gasteiger partial charge in [-0.3, -0.25) is 0 Å². The second-order valence-corrected chi connectivity index (χ2v) is 19.2. The van der Waals surface area contributed by atoms with E-state index in [9.17, 15) is 10.2 Å². The summed E-state index contributed by atoms with van der Waals surface area (Å²) in [5.74, 6) is 2.43. The van der Waals surface area contributed by atoms with Crippen molar-refractivity contribution in [2.45, 2.75) is 115 Å². The maximum absolute atomic E-state index is 10.6. The van der Waals surface area contributed by atoms with Crippen molar-refractivity contribution < 1.29 is 10.2 Å². The highest BCUT2D eigenvalue weighted by Gasteiger charge is 2.40. The first-order chi connectivity index (χ1) is 28.7. The summed E-state index contributed by atoms with van der Waals surface area (Å²) in [4.78, 5) is 4.44. The molecule has 8 rings (SSSR count). The summed E-state index contributed by atoms with van der Waals surface area (Å²) >= 11 is 0. The summed E-state index contributed by atoms with van der Waals surface area (Å²) in [6.07, 6.45) is 9.31. The van der Waals surface area contributed by atoms with Crippen LogP contribution in [-0.2, 0) is 0 Å². The van der Waals surface area contributed by atoms with Crippen LogP contribution in [0, 0.1) is 0 Å². The minimum Gasteiger partial charge on any atom is -0.507 e. The molecule has 2 aromatic carbocycles. The first kappa shape index (κ1) is 43.0. The number of piperidine rings is 2. The predicted octanol–water partition coefficient (Wildman–Crippen LogP) is 7.14. The van der Waals surface area contributed by atoms with Gasteiger partial charge in [-0.1, -0.05) is 0 Å². The van der Waals surface area contributed by atoms with Crippen LogP contribution < -0.4 is 26.2 Å². The van der Waals surface area contributed by atoms with Crippen LogP contribution in [-0.4, -0.2) is 98.5 Å². The van der Waals surface area contributed by atoms with Crippen LogP contribution in [0.2, 0.25) is 0 Å². The molecular weight excluding hydrogens is 767 g/mol. The zero-order valence-corrected chi connectivity index (χ0v) is 37.1. The Morgan fingerprint density at radius 2 is 1.11 bits per heavy atom. The highest BCUT2D eigenvalue weighted by molar-refractivity contribution is 5.70. The molecule has 15 nitrogen and oxygen atoms in total. The maximum atomic E-state index is 10.6. The standard InChI is InChI=1S/C23H31N7O.C23H30N6O/c1-22(2)13-16(14-23(3,4)28-22)29(5)21-9-8-18(26-27-21)17-7-6-15(12-19(17)31)30-20(24)10-11-25-30;1-22(2)14-17(15-23(3,4)27-22)28(5)21-10-8-19(25-26-21)18-13-16(7-9-20(18)30)29-12-6-11-24-29/h6-12,16,28,31H,13-14,24H2,1-5H3;6-13,17,27,30H,14-15H2,1-5H3. The molecule has 0 atom stereocenters. The first-order valence-corrected chi connectivity index (χ1v) is 20.9. The smallest absolute Gasteiger partial charge is 0.151 e. The monoisotopic (exact) mass is 828 g/mol. The Morgan fingerprint density at radius 1 is 0.590 bits per heavy atom. The number of hydrogen-bond acceptors (Lipinski definition) is 13. The summed E-state index contributed by atoms with van der Waals surface area (Å²) < 4.78 is 3.31. The van der Waals surface area contributed by atoms with Crippen LogP contribution >= 0.6 is 0 Å². The minimum absolute atomic E-state index is 0.0551. The van der Waals surface area contributed by atoms with Crippen molar-refractivity contribution in [2.24, 2.45) is 0 Å². The number of hydrogen-bond donors (Lipinski definition) is 5. The van der Waals surface area contributed by atoms with E-state index in [-0.39, 0.29) is 33.7 Å². The lowest BCUT2D eigenvalue weighted by molar-refractivity contribution is 0.160. The van der Waals surface area contributed by atoms with Crippen molar-refractivity contribution >= 4 is 17.5 Å². The SMILES string of the molecule is CN(c1ccc(-c2cc(-n3cccn3)ccc2O)nn1)C1CC(C)(C)NC(C)(C)C1.CN(c1ccc(-c2ccc(-n3nccc3N)cc2O)nn1)C1CC(C)(C)NC(C)(C)C1. The number of aromatic hydroxyl groups is 2. The number of rotatable bonds is 8. The lowest BCUT2D eigenvalue weighted by Gasteiger charge is -2.49. The summed E-state index contributed by atoms with van der Waals surface area (Å²) in [6.45, 7) is 18.0. The third kappa shape index (κ3) is 9.95. The quantitative estimate of drug-likeness (QED) is 0.104. The van der Waals surface area contributed by atoms with Crippen molar-refractivity contribution in [3.8, 4) is 45.4 Å². The average molecular weight is 828 g/mol. The molecule has 61 heavy (non-hydrogen) atoms. The largest absolute Gasteiger partial charge is 0.507 e. The van der Waals surface area contributed by atoms with E-state index in [1.54, 1.807) is 46.0 Å². The van der Waals surface area contributed by atoms with E-state index in [1.165, 1.54) is 0 Å². The van der Waals surface area contributed by atoms with Crippen LogP contribution in [0.3, 0.4) is 0 Å². The second kappa shape index (κ2) is 16.4. The molecule has 2 aliphatic heterocycles. The molecule has 0 unspecified atom stereocenters. The van der Waals surface area contributed by atoms with E-state index in [2.05, 4.69) is 121 Å². The highest BCUT2D eigenvalue weighted by atomic mass is 16.3. The molecular formula is C46H61N13O2. The maximum Gasteiger partial charge on any atom is 0.151 e. The van der Waals surface area contributed by atoms with E-state index < -0.39 is 0 Å². The number of aromatic nitrogens is 8. The van der Waals surface area contributed by atoms with Gasteiger partial charge < -0.3 is 36.4 Å². The average Bonchev–Trinajstić information content (AvgIpc) is 3.88. The van der Waals surface area contributed by atoms with Crippen LogP contribution in [0.5, 0.6) is 11.5 Å². The summed E-state index contributed by atoms with van der Waals surface area (Å²) in [5, 5.41) is 54.6. The van der Waals surface area contributed by atoms with Gasteiger partial charge in [-0.2, -0.15) is 10.2 Å². The van der Waals surface area contributed by atoms with Gasteiger partial charge in [0.15, 0.2) is 11.6 Å². The Morgan fingerprint density at radius 3 is 1.56 bits per heavy atom. The zero-order chi connectivity index (χ0) is 43.9. The molecule has 15 heteroatoms.